The second kappa shape index (κ2) is 8.25. The Balaban J connectivity index is 1.59. The van der Waals surface area contributed by atoms with Crippen molar-refractivity contribution in [1.82, 2.24) is 5.32 Å². The molecular formula is C22H26N2O3. The predicted octanol–water partition coefficient (Wildman–Crippen LogP) is 3.77. The number of hydrogen-bond acceptors (Lipinski definition) is 3. The quantitative estimate of drug-likeness (QED) is 0.876. The molecule has 2 atom stereocenters. The number of nitrogens with one attached hydrogen (secondary N) is 1. The van der Waals surface area contributed by atoms with Crippen LogP contribution < -0.4 is 15.0 Å². The summed E-state index contributed by atoms with van der Waals surface area (Å²) in [7, 11) is 0. The lowest BCUT2D eigenvalue weighted by molar-refractivity contribution is -0.125. The van der Waals surface area contributed by atoms with Gasteiger partial charge in [0.25, 0.3) is 0 Å². The van der Waals surface area contributed by atoms with E-state index in [9.17, 15) is 9.59 Å². The Bertz CT molecular complexity index is 820. The van der Waals surface area contributed by atoms with E-state index in [1.807, 2.05) is 69.3 Å². The lowest BCUT2D eigenvalue weighted by atomic mass is 10.1. The van der Waals surface area contributed by atoms with E-state index in [0.29, 0.717) is 6.54 Å². The van der Waals surface area contributed by atoms with E-state index in [4.69, 9.17) is 4.74 Å². The minimum Gasteiger partial charge on any atom is -0.487 e. The number of carbonyl (C=O) groups is 2. The highest BCUT2D eigenvalue weighted by molar-refractivity contribution is 5.97. The van der Waals surface area contributed by atoms with Crippen LogP contribution in [0.1, 0.15) is 43.9 Å². The number of amides is 2. The fraction of sp³-hybridized carbons (Fsp3) is 0.364. The first-order valence-electron chi connectivity index (χ1n) is 9.36. The van der Waals surface area contributed by atoms with E-state index in [-0.39, 0.29) is 36.8 Å². The highest BCUT2D eigenvalue weighted by Crippen LogP contribution is 2.34. The summed E-state index contributed by atoms with van der Waals surface area (Å²) in [5, 5.41) is 2.96. The van der Waals surface area contributed by atoms with Gasteiger partial charge in [-0.2, -0.15) is 0 Å². The molecule has 0 fully saturated rings. The number of hydrogen-bond donors (Lipinski definition) is 1. The van der Waals surface area contributed by atoms with E-state index in [2.05, 4.69) is 5.32 Å². The van der Waals surface area contributed by atoms with Crippen LogP contribution in [0, 0.1) is 6.92 Å². The van der Waals surface area contributed by atoms with Gasteiger partial charge in [-0.05, 0) is 44.0 Å². The van der Waals surface area contributed by atoms with Gasteiger partial charge < -0.3 is 15.0 Å². The van der Waals surface area contributed by atoms with Crippen LogP contribution in [0.2, 0.25) is 0 Å². The molecule has 5 heteroatoms. The SMILES string of the molecule is Cc1ccc2c(c1)N(C(=O)CCC(=O)NC(C)c1ccccc1)CC(C)O2. The van der Waals surface area contributed by atoms with Crippen molar-refractivity contribution < 1.29 is 14.3 Å². The van der Waals surface area contributed by atoms with Crippen LogP contribution >= 0.6 is 0 Å². The zero-order valence-electron chi connectivity index (χ0n) is 16.1. The first kappa shape index (κ1) is 19.0. The van der Waals surface area contributed by atoms with Crippen molar-refractivity contribution in [3.8, 4) is 5.75 Å². The van der Waals surface area contributed by atoms with Gasteiger partial charge in [-0.15, -0.1) is 0 Å². The van der Waals surface area contributed by atoms with Gasteiger partial charge in [0.15, 0.2) is 0 Å². The summed E-state index contributed by atoms with van der Waals surface area (Å²) in [6.07, 6.45) is 0.271. The fourth-order valence-corrected chi connectivity index (χ4v) is 3.28. The smallest absolute Gasteiger partial charge is 0.227 e. The van der Waals surface area contributed by atoms with Crippen molar-refractivity contribution in [2.75, 3.05) is 11.4 Å². The number of nitrogens with zero attached hydrogens (tertiary/aromatic N) is 1. The summed E-state index contributed by atoms with van der Waals surface area (Å²) in [5.74, 6) is 0.542. The fourth-order valence-electron chi connectivity index (χ4n) is 3.28. The third kappa shape index (κ3) is 4.67. The summed E-state index contributed by atoms with van der Waals surface area (Å²) < 4.78 is 5.82. The van der Waals surface area contributed by atoms with Crippen molar-refractivity contribution in [3.63, 3.8) is 0 Å². The Kier molecular flexibility index (Phi) is 5.79. The third-order valence-electron chi connectivity index (χ3n) is 4.72. The second-order valence-corrected chi connectivity index (χ2v) is 7.10. The lowest BCUT2D eigenvalue weighted by Gasteiger charge is -2.33. The van der Waals surface area contributed by atoms with E-state index < -0.39 is 0 Å². The molecule has 0 radical (unpaired) electrons. The van der Waals surface area contributed by atoms with Crippen LogP contribution in [-0.2, 0) is 9.59 Å². The van der Waals surface area contributed by atoms with E-state index in [1.54, 1.807) is 4.90 Å². The molecule has 2 unspecified atom stereocenters. The van der Waals surface area contributed by atoms with Crippen molar-refractivity contribution in [3.05, 3.63) is 59.7 Å². The van der Waals surface area contributed by atoms with Gasteiger partial charge in [0.1, 0.15) is 11.9 Å². The largest absolute Gasteiger partial charge is 0.487 e. The van der Waals surface area contributed by atoms with Gasteiger partial charge in [-0.3, -0.25) is 9.59 Å². The van der Waals surface area contributed by atoms with Crippen molar-refractivity contribution >= 4 is 17.5 Å². The molecule has 0 saturated carbocycles. The molecule has 3 rings (SSSR count). The number of rotatable bonds is 5. The number of fused-ring (bicyclic) bond motifs is 1. The maximum absolute atomic E-state index is 12.8. The molecule has 0 saturated heterocycles. The molecule has 2 aromatic carbocycles. The number of ether oxygens (including phenoxy) is 1. The summed E-state index contributed by atoms with van der Waals surface area (Å²) in [6, 6.07) is 15.5. The lowest BCUT2D eigenvalue weighted by Crippen LogP contribution is -2.42. The summed E-state index contributed by atoms with van der Waals surface area (Å²) in [4.78, 5) is 26.8. The molecule has 1 N–H and O–H groups in total. The summed E-state index contributed by atoms with van der Waals surface area (Å²) >= 11 is 0. The Labute approximate surface area is 160 Å². The Morgan fingerprint density at radius 1 is 1.19 bits per heavy atom. The molecule has 142 valence electrons. The maximum Gasteiger partial charge on any atom is 0.227 e. The molecule has 0 aliphatic carbocycles. The molecule has 2 amide bonds. The van der Waals surface area contributed by atoms with Crippen LogP contribution in [0.15, 0.2) is 48.5 Å². The molecule has 2 aromatic rings. The maximum atomic E-state index is 12.8. The highest BCUT2D eigenvalue weighted by Gasteiger charge is 2.27. The van der Waals surface area contributed by atoms with Crippen molar-refractivity contribution in [2.24, 2.45) is 0 Å². The molecule has 5 nitrogen and oxygen atoms in total. The summed E-state index contributed by atoms with van der Waals surface area (Å²) in [6.45, 7) is 6.37. The first-order chi connectivity index (χ1) is 12.9. The number of benzene rings is 2. The van der Waals surface area contributed by atoms with E-state index in [1.165, 1.54) is 0 Å². The van der Waals surface area contributed by atoms with Gasteiger partial charge in [0, 0.05) is 12.8 Å². The molecule has 0 spiro atoms. The van der Waals surface area contributed by atoms with Gasteiger partial charge in [0.05, 0.1) is 18.3 Å². The van der Waals surface area contributed by atoms with E-state index >= 15 is 0 Å². The first-order valence-corrected chi connectivity index (χ1v) is 9.36. The average molecular weight is 366 g/mol. The third-order valence-corrected chi connectivity index (χ3v) is 4.72. The van der Waals surface area contributed by atoms with Crippen LogP contribution in [0.5, 0.6) is 5.75 Å². The number of anilines is 1. The van der Waals surface area contributed by atoms with Crippen molar-refractivity contribution in [1.29, 1.82) is 0 Å². The van der Waals surface area contributed by atoms with Gasteiger partial charge in [0.2, 0.25) is 11.8 Å². The molecule has 1 aliphatic heterocycles. The Hall–Kier alpha value is -2.82. The molecular weight excluding hydrogens is 340 g/mol. The summed E-state index contributed by atoms with van der Waals surface area (Å²) in [5.41, 5.74) is 2.90. The van der Waals surface area contributed by atoms with Crippen LogP contribution in [0.25, 0.3) is 0 Å². The zero-order valence-corrected chi connectivity index (χ0v) is 16.1. The zero-order chi connectivity index (χ0) is 19.4. The van der Waals surface area contributed by atoms with Crippen LogP contribution in [0.3, 0.4) is 0 Å². The average Bonchev–Trinajstić information content (AvgIpc) is 2.66. The monoisotopic (exact) mass is 366 g/mol. The molecule has 27 heavy (non-hydrogen) atoms. The minimum absolute atomic E-state index is 0.0560. The minimum atomic E-state index is -0.120. The predicted molar refractivity (Wildman–Crippen MR) is 106 cm³/mol. The molecule has 1 aliphatic rings. The number of aryl methyl sites for hydroxylation is 1. The molecule has 1 heterocycles. The normalized spacial score (nSPS) is 16.9. The topological polar surface area (TPSA) is 58.6 Å². The second-order valence-electron chi connectivity index (χ2n) is 7.10. The highest BCUT2D eigenvalue weighted by atomic mass is 16.5. The Morgan fingerprint density at radius 3 is 2.67 bits per heavy atom. The van der Waals surface area contributed by atoms with Crippen LogP contribution in [0.4, 0.5) is 5.69 Å². The van der Waals surface area contributed by atoms with Gasteiger partial charge in [-0.25, -0.2) is 0 Å². The van der Waals surface area contributed by atoms with Gasteiger partial charge in [-0.1, -0.05) is 36.4 Å². The molecule has 0 bridgehead atoms. The van der Waals surface area contributed by atoms with Crippen molar-refractivity contribution in [2.45, 2.75) is 45.8 Å². The van der Waals surface area contributed by atoms with Gasteiger partial charge >= 0.3 is 0 Å². The number of carbonyl (C=O) groups excluding carboxylic acids is 2. The Morgan fingerprint density at radius 2 is 1.93 bits per heavy atom. The molecule has 0 aromatic heterocycles. The van der Waals surface area contributed by atoms with Crippen LogP contribution in [-0.4, -0.2) is 24.5 Å². The van der Waals surface area contributed by atoms with E-state index in [0.717, 1.165) is 22.6 Å². The standard InChI is InChI=1S/C22H26N2O3/c1-15-9-10-20-19(13-15)24(14-16(2)27-20)22(26)12-11-21(25)23-17(3)18-7-5-4-6-8-18/h4-10,13,16-17H,11-12,14H2,1-3H3,(H,23,25).